The maximum atomic E-state index is 13.0. The summed E-state index contributed by atoms with van der Waals surface area (Å²) in [6.45, 7) is 4.33. The second-order valence-corrected chi connectivity index (χ2v) is 5.54. The van der Waals surface area contributed by atoms with Crippen molar-refractivity contribution in [2.24, 2.45) is 0 Å². The predicted octanol–water partition coefficient (Wildman–Crippen LogP) is 3.95. The van der Waals surface area contributed by atoms with Gasteiger partial charge in [-0.1, -0.05) is 41.4 Å². The largest absolute Gasteiger partial charge is 0.352 e. The molecule has 21 heavy (non-hydrogen) atoms. The average Bonchev–Trinajstić information content (AvgIpc) is 2.44. The van der Waals surface area contributed by atoms with Crippen LogP contribution < -0.4 is 5.32 Å². The fourth-order valence-electron chi connectivity index (χ4n) is 2.08. The summed E-state index contributed by atoms with van der Waals surface area (Å²) < 4.78 is 13.0. The number of hydrogen-bond donors (Lipinski definition) is 1. The lowest BCUT2D eigenvalue weighted by Gasteiger charge is -2.09. The predicted molar refractivity (Wildman–Crippen MR) is 82.9 cm³/mol. The molecule has 0 spiro atoms. The van der Waals surface area contributed by atoms with Crippen molar-refractivity contribution in [1.82, 2.24) is 5.32 Å². The minimum Gasteiger partial charge on any atom is -0.352 e. The molecular weight excluding hydrogens is 289 g/mol. The maximum Gasteiger partial charge on any atom is 0.224 e. The molecular formula is C17H17ClFNO. The highest BCUT2D eigenvalue weighted by Gasteiger charge is 2.07. The quantitative estimate of drug-likeness (QED) is 0.910. The molecule has 0 bridgehead atoms. The van der Waals surface area contributed by atoms with Gasteiger partial charge >= 0.3 is 0 Å². The van der Waals surface area contributed by atoms with Crippen LogP contribution in [0.5, 0.6) is 0 Å². The minimum atomic E-state index is -0.456. The molecule has 0 atom stereocenters. The van der Waals surface area contributed by atoms with Crippen LogP contribution in [0.15, 0.2) is 36.4 Å². The summed E-state index contributed by atoms with van der Waals surface area (Å²) in [6.07, 6.45) is 0.336. The van der Waals surface area contributed by atoms with Crippen LogP contribution in [0.3, 0.4) is 0 Å². The lowest BCUT2D eigenvalue weighted by molar-refractivity contribution is -0.120. The molecule has 0 aliphatic carbocycles. The van der Waals surface area contributed by atoms with Crippen LogP contribution in [-0.2, 0) is 17.8 Å². The van der Waals surface area contributed by atoms with Crippen LogP contribution in [0.25, 0.3) is 0 Å². The Kier molecular flexibility index (Phi) is 4.97. The summed E-state index contributed by atoms with van der Waals surface area (Å²) in [5.41, 5.74) is 4.02. The smallest absolute Gasteiger partial charge is 0.224 e. The van der Waals surface area contributed by atoms with Gasteiger partial charge in [-0.2, -0.15) is 0 Å². The van der Waals surface area contributed by atoms with Gasteiger partial charge in [0.1, 0.15) is 5.82 Å². The molecule has 1 amide bonds. The lowest BCUT2D eigenvalue weighted by atomic mass is 10.0. The molecule has 0 fully saturated rings. The van der Waals surface area contributed by atoms with Crippen molar-refractivity contribution in [3.63, 3.8) is 0 Å². The van der Waals surface area contributed by atoms with Crippen molar-refractivity contribution in [3.05, 3.63) is 69.5 Å². The molecule has 0 aromatic heterocycles. The Balaban J connectivity index is 1.95. The van der Waals surface area contributed by atoms with E-state index in [1.54, 1.807) is 6.07 Å². The topological polar surface area (TPSA) is 29.1 Å². The van der Waals surface area contributed by atoms with Gasteiger partial charge in [-0.25, -0.2) is 4.39 Å². The van der Waals surface area contributed by atoms with Gasteiger partial charge in [0.25, 0.3) is 0 Å². The zero-order chi connectivity index (χ0) is 15.4. The molecule has 4 heteroatoms. The zero-order valence-electron chi connectivity index (χ0n) is 12.0. The Morgan fingerprint density at radius 1 is 1.19 bits per heavy atom. The van der Waals surface area contributed by atoms with Crippen molar-refractivity contribution < 1.29 is 9.18 Å². The molecule has 2 rings (SSSR count). The Hall–Kier alpha value is -1.87. The number of halogens is 2. The number of carbonyl (C=O) groups excluding carboxylic acids is 1. The summed E-state index contributed by atoms with van der Waals surface area (Å²) in [5.74, 6) is -0.522. The first kappa shape index (κ1) is 15.5. The third kappa shape index (κ3) is 4.30. The lowest BCUT2D eigenvalue weighted by Crippen LogP contribution is -2.24. The van der Waals surface area contributed by atoms with Crippen LogP contribution in [0.2, 0.25) is 5.02 Å². The number of rotatable bonds is 4. The van der Waals surface area contributed by atoms with E-state index in [1.165, 1.54) is 12.1 Å². The van der Waals surface area contributed by atoms with E-state index in [0.717, 1.165) is 22.3 Å². The van der Waals surface area contributed by atoms with E-state index in [2.05, 4.69) is 5.32 Å². The van der Waals surface area contributed by atoms with E-state index in [1.807, 2.05) is 32.0 Å². The molecule has 2 aromatic rings. The molecule has 0 radical (unpaired) electrons. The highest BCUT2D eigenvalue weighted by atomic mass is 35.5. The first-order chi connectivity index (χ1) is 9.95. The molecule has 2 nitrogen and oxygen atoms in total. The molecule has 1 N–H and O–H groups in total. The minimum absolute atomic E-state index is 0.0656. The molecule has 0 heterocycles. The fraction of sp³-hybridized carbons (Fsp3) is 0.235. The number of carbonyl (C=O) groups is 1. The molecule has 0 aliphatic heterocycles. The first-order valence-electron chi connectivity index (χ1n) is 6.72. The van der Waals surface area contributed by atoms with Crippen molar-refractivity contribution >= 4 is 17.5 Å². The molecule has 2 aromatic carbocycles. The Labute approximate surface area is 128 Å². The van der Waals surface area contributed by atoms with Crippen LogP contribution in [0.1, 0.15) is 22.3 Å². The fourth-order valence-corrected chi connectivity index (χ4v) is 2.28. The van der Waals surface area contributed by atoms with Crippen molar-refractivity contribution in [1.29, 1.82) is 0 Å². The van der Waals surface area contributed by atoms with Crippen molar-refractivity contribution in [3.8, 4) is 0 Å². The Morgan fingerprint density at radius 3 is 2.67 bits per heavy atom. The number of hydrogen-bond acceptors (Lipinski definition) is 1. The third-order valence-electron chi connectivity index (χ3n) is 3.33. The van der Waals surface area contributed by atoms with Gasteiger partial charge in [-0.05, 0) is 42.7 Å². The summed E-state index contributed by atoms with van der Waals surface area (Å²) in [6, 6.07) is 10.5. The van der Waals surface area contributed by atoms with Gasteiger partial charge in [0.05, 0.1) is 11.4 Å². The van der Waals surface area contributed by atoms with Gasteiger partial charge in [0.15, 0.2) is 0 Å². The normalized spacial score (nSPS) is 10.5. The van der Waals surface area contributed by atoms with Gasteiger partial charge in [0.2, 0.25) is 5.91 Å². The number of amides is 1. The number of aryl methyl sites for hydroxylation is 2. The summed E-state index contributed by atoms with van der Waals surface area (Å²) in [5, 5.41) is 2.89. The standard InChI is InChI=1S/C17H17ClFNO/c1-11-3-4-12(2)14(7-11)9-17(21)20-10-13-5-6-16(19)15(18)8-13/h3-8H,9-10H2,1-2H3,(H,20,21). The van der Waals surface area contributed by atoms with E-state index in [-0.39, 0.29) is 10.9 Å². The summed E-state index contributed by atoms with van der Waals surface area (Å²) in [4.78, 5) is 12.0. The van der Waals surface area contributed by atoms with Gasteiger partial charge in [-0.3, -0.25) is 4.79 Å². The van der Waals surface area contributed by atoms with Crippen LogP contribution in [-0.4, -0.2) is 5.91 Å². The van der Waals surface area contributed by atoms with Crippen molar-refractivity contribution in [2.75, 3.05) is 0 Å². The summed E-state index contributed by atoms with van der Waals surface area (Å²) in [7, 11) is 0. The van der Waals surface area contributed by atoms with Gasteiger partial charge in [0, 0.05) is 6.54 Å². The SMILES string of the molecule is Cc1ccc(C)c(CC(=O)NCc2ccc(F)c(Cl)c2)c1. The van der Waals surface area contributed by atoms with E-state index >= 15 is 0 Å². The molecule has 0 saturated carbocycles. The highest BCUT2D eigenvalue weighted by molar-refractivity contribution is 6.30. The second kappa shape index (κ2) is 6.72. The molecule has 0 unspecified atom stereocenters. The summed E-state index contributed by atoms with van der Waals surface area (Å²) >= 11 is 5.71. The average molecular weight is 306 g/mol. The van der Waals surface area contributed by atoms with E-state index < -0.39 is 5.82 Å². The maximum absolute atomic E-state index is 13.0. The Morgan fingerprint density at radius 2 is 1.95 bits per heavy atom. The monoisotopic (exact) mass is 305 g/mol. The van der Waals surface area contributed by atoms with E-state index in [0.29, 0.717) is 13.0 Å². The van der Waals surface area contributed by atoms with E-state index in [4.69, 9.17) is 11.6 Å². The molecule has 0 saturated heterocycles. The molecule has 110 valence electrons. The van der Waals surface area contributed by atoms with Crippen LogP contribution >= 0.6 is 11.6 Å². The van der Waals surface area contributed by atoms with Crippen LogP contribution in [0, 0.1) is 19.7 Å². The van der Waals surface area contributed by atoms with Crippen LogP contribution in [0.4, 0.5) is 4.39 Å². The molecule has 0 aliphatic rings. The zero-order valence-corrected chi connectivity index (χ0v) is 12.8. The van der Waals surface area contributed by atoms with E-state index in [9.17, 15) is 9.18 Å². The Bertz CT molecular complexity index is 670. The number of benzene rings is 2. The third-order valence-corrected chi connectivity index (χ3v) is 3.62. The highest BCUT2D eigenvalue weighted by Crippen LogP contribution is 2.16. The second-order valence-electron chi connectivity index (χ2n) is 5.13. The number of nitrogens with one attached hydrogen (secondary N) is 1. The van der Waals surface area contributed by atoms with Gasteiger partial charge < -0.3 is 5.32 Å². The first-order valence-corrected chi connectivity index (χ1v) is 7.10. The van der Waals surface area contributed by atoms with Crippen molar-refractivity contribution in [2.45, 2.75) is 26.8 Å². The van der Waals surface area contributed by atoms with Gasteiger partial charge in [-0.15, -0.1) is 0 Å².